The van der Waals surface area contributed by atoms with Gasteiger partial charge < -0.3 is 15.4 Å². The summed E-state index contributed by atoms with van der Waals surface area (Å²) in [6.45, 7) is 8.76. The molecule has 0 aromatic carbocycles. The number of rotatable bonds is 8. The van der Waals surface area contributed by atoms with Crippen LogP contribution in [0.4, 0.5) is 0 Å². The Labute approximate surface area is 110 Å². The number of carbonyl (C=O) groups excluding carboxylic acids is 2. The first-order valence-corrected chi connectivity index (χ1v) is 6.51. The third-order valence-electron chi connectivity index (χ3n) is 2.57. The Hall–Kier alpha value is -1.10. The van der Waals surface area contributed by atoms with Crippen LogP contribution in [0, 0.1) is 5.92 Å². The Morgan fingerprint density at radius 2 is 1.83 bits per heavy atom. The van der Waals surface area contributed by atoms with Crippen molar-refractivity contribution in [1.82, 2.24) is 10.6 Å². The number of hydrogen-bond acceptors (Lipinski definition) is 4. The maximum Gasteiger partial charge on any atom is 0.328 e. The fourth-order valence-electron chi connectivity index (χ4n) is 1.78. The lowest BCUT2D eigenvalue weighted by molar-refractivity contribution is -0.145. The topological polar surface area (TPSA) is 67.4 Å². The van der Waals surface area contributed by atoms with E-state index in [1.165, 1.54) is 7.11 Å². The number of amides is 1. The molecule has 2 atom stereocenters. The van der Waals surface area contributed by atoms with Crippen LogP contribution >= 0.6 is 0 Å². The summed E-state index contributed by atoms with van der Waals surface area (Å²) < 4.78 is 4.70. The zero-order chi connectivity index (χ0) is 14.1. The Morgan fingerprint density at radius 3 is 2.28 bits per heavy atom. The van der Waals surface area contributed by atoms with Gasteiger partial charge in [0, 0.05) is 12.5 Å². The van der Waals surface area contributed by atoms with Crippen LogP contribution in [0.3, 0.4) is 0 Å². The highest BCUT2D eigenvalue weighted by Gasteiger charge is 2.22. The summed E-state index contributed by atoms with van der Waals surface area (Å²) in [6.07, 6.45) is 0.952. The molecule has 0 rings (SSSR count). The van der Waals surface area contributed by atoms with E-state index in [1.54, 1.807) is 0 Å². The van der Waals surface area contributed by atoms with Gasteiger partial charge in [-0.05, 0) is 25.8 Å². The first-order chi connectivity index (χ1) is 8.40. The molecule has 0 saturated carbocycles. The molecule has 0 heterocycles. The molecule has 2 N–H and O–H groups in total. The Balaban J connectivity index is 4.30. The van der Waals surface area contributed by atoms with E-state index in [0.717, 1.165) is 6.54 Å². The van der Waals surface area contributed by atoms with Gasteiger partial charge in [0.15, 0.2) is 0 Å². The molecule has 5 nitrogen and oxygen atoms in total. The zero-order valence-electron chi connectivity index (χ0n) is 12.1. The molecule has 0 saturated heterocycles. The lowest BCUT2D eigenvalue weighted by Gasteiger charge is -2.19. The van der Waals surface area contributed by atoms with E-state index in [2.05, 4.69) is 10.6 Å². The van der Waals surface area contributed by atoms with Crippen molar-refractivity contribution >= 4 is 11.9 Å². The predicted octanol–water partition coefficient (Wildman–Crippen LogP) is 1.08. The number of carbonyl (C=O) groups is 2. The molecule has 0 aromatic rings. The lowest BCUT2D eigenvalue weighted by Crippen LogP contribution is -2.44. The summed E-state index contributed by atoms with van der Waals surface area (Å²) in [7, 11) is 1.34. The molecule has 0 spiro atoms. The van der Waals surface area contributed by atoms with Crippen LogP contribution in [-0.4, -0.2) is 37.6 Å². The van der Waals surface area contributed by atoms with Crippen LogP contribution in [0.2, 0.25) is 0 Å². The molecule has 0 aliphatic carbocycles. The average molecular weight is 258 g/mol. The average Bonchev–Trinajstić information content (AvgIpc) is 2.26. The first kappa shape index (κ1) is 16.9. The van der Waals surface area contributed by atoms with Crippen molar-refractivity contribution in [3.05, 3.63) is 0 Å². The highest BCUT2D eigenvalue weighted by Crippen LogP contribution is 2.06. The minimum absolute atomic E-state index is 0.104. The number of methoxy groups -OCH3 is 1. The van der Waals surface area contributed by atoms with Crippen molar-refractivity contribution in [1.29, 1.82) is 0 Å². The third-order valence-corrected chi connectivity index (χ3v) is 2.57. The van der Waals surface area contributed by atoms with Crippen LogP contribution in [-0.2, 0) is 14.3 Å². The zero-order valence-corrected chi connectivity index (χ0v) is 12.1. The van der Waals surface area contributed by atoms with Gasteiger partial charge in [-0.25, -0.2) is 4.79 Å². The van der Waals surface area contributed by atoms with Gasteiger partial charge in [0.25, 0.3) is 0 Å². The minimum atomic E-state index is -0.545. The Kier molecular flexibility index (Phi) is 8.37. The molecular weight excluding hydrogens is 232 g/mol. The SMILES string of the molecule is CCNC(C)CC(=O)N[C@@H](CC(C)C)C(=O)OC. The van der Waals surface area contributed by atoms with E-state index in [9.17, 15) is 9.59 Å². The van der Waals surface area contributed by atoms with Crippen molar-refractivity contribution < 1.29 is 14.3 Å². The number of ether oxygens (including phenoxy) is 1. The van der Waals surface area contributed by atoms with E-state index in [0.29, 0.717) is 18.8 Å². The van der Waals surface area contributed by atoms with E-state index >= 15 is 0 Å². The summed E-state index contributed by atoms with van der Waals surface area (Å²) in [5.41, 5.74) is 0. The van der Waals surface area contributed by atoms with E-state index in [1.807, 2.05) is 27.7 Å². The summed E-state index contributed by atoms with van der Waals surface area (Å²) >= 11 is 0. The molecule has 0 radical (unpaired) electrons. The number of nitrogens with one attached hydrogen (secondary N) is 2. The highest BCUT2D eigenvalue weighted by atomic mass is 16.5. The number of hydrogen-bond donors (Lipinski definition) is 2. The molecule has 106 valence electrons. The molecular formula is C13H26N2O3. The van der Waals surface area contributed by atoms with Gasteiger partial charge in [-0.1, -0.05) is 20.8 Å². The normalized spacial score (nSPS) is 14.1. The highest BCUT2D eigenvalue weighted by molar-refractivity contribution is 5.84. The maximum absolute atomic E-state index is 11.8. The van der Waals surface area contributed by atoms with Crippen molar-refractivity contribution in [2.45, 2.75) is 52.6 Å². The molecule has 0 aliphatic heterocycles. The van der Waals surface area contributed by atoms with E-state index in [4.69, 9.17) is 4.74 Å². The van der Waals surface area contributed by atoms with Gasteiger partial charge in [-0.15, -0.1) is 0 Å². The van der Waals surface area contributed by atoms with Crippen LogP contribution < -0.4 is 10.6 Å². The van der Waals surface area contributed by atoms with Crippen LogP contribution in [0.1, 0.15) is 40.5 Å². The molecule has 1 amide bonds. The van der Waals surface area contributed by atoms with Gasteiger partial charge in [0.2, 0.25) is 5.91 Å². The molecule has 18 heavy (non-hydrogen) atoms. The largest absolute Gasteiger partial charge is 0.467 e. The first-order valence-electron chi connectivity index (χ1n) is 6.51. The van der Waals surface area contributed by atoms with Crippen molar-refractivity contribution in [3.63, 3.8) is 0 Å². The summed E-state index contributed by atoms with van der Waals surface area (Å²) in [5.74, 6) is -0.187. The lowest BCUT2D eigenvalue weighted by atomic mass is 10.0. The van der Waals surface area contributed by atoms with Gasteiger partial charge in [0.05, 0.1) is 7.11 Å². The second-order valence-electron chi connectivity index (χ2n) is 4.94. The molecule has 0 fully saturated rings. The smallest absolute Gasteiger partial charge is 0.328 e. The molecule has 1 unspecified atom stereocenters. The molecule has 5 heteroatoms. The monoisotopic (exact) mass is 258 g/mol. The van der Waals surface area contributed by atoms with Gasteiger partial charge in [0.1, 0.15) is 6.04 Å². The third kappa shape index (κ3) is 7.27. The van der Waals surface area contributed by atoms with Crippen LogP contribution in [0.5, 0.6) is 0 Å². The second kappa shape index (κ2) is 8.91. The fraction of sp³-hybridized carbons (Fsp3) is 0.846. The van der Waals surface area contributed by atoms with Gasteiger partial charge in [-0.2, -0.15) is 0 Å². The number of esters is 1. The summed E-state index contributed by atoms with van der Waals surface area (Å²) in [6, 6.07) is -0.441. The fourth-order valence-corrected chi connectivity index (χ4v) is 1.78. The van der Waals surface area contributed by atoms with E-state index < -0.39 is 6.04 Å². The van der Waals surface area contributed by atoms with Crippen molar-refractivity contribution in [3.8, 4) is 0 Å². The van der Waals surface area contributed by atoms with Gasteiger partial charge >= 0.3 is 5.97 Å². The Morgan fingerprint density at radius 1 is 1.22 bits per heavy atom. The predicted molar refractivity (Wildman–Crippen MR) is 71.2 cm³/mol. The van der Waals surface area contributed by atoms with Crippen LogP contribution in [0.15, 0.2) is 0 Å². The Bertz CT molecular complexity index is 267. The van der Waals surface area contributed by atoms with Gasteiger partial charge in [-0.3, -0.25) is 4.79 Å². The summed E-state index contributed by atoms with van der Waals surface area (Å²) in [4.78, 5) is 23.3. The minimum Gasteiger partial charge on any atom is -0.467 e. The molecule has 0 aromatic heterocycles. The van der Waals surface area contributed by atoms with Crippen molar-refractivity contribution in [2.24, 2.45) is 5.92 Å². The second-order valence-corrected chi connectivity index (χ2v) is 4.94. The van der Waals surface area contributed by atoms with Crippen LogP contribution in [0.25, 0.3) is 0 Å². The standard InChI is InChI=1S/C13H26N2O3/c1-6-14-10(4)8-12(16)15-11(7-9(2)3)13(17)18-5/h9-11,14H,6-8H2,1-5H3,(H,15,16)/t10?,11-/m0/s1. The maximum atomic E-state index is 11.8. The van der Waals surface area contributed by atoms with E-state index in [-0.39, 0.29) is 17.9 Å². The molecule has 0 bridgehead atoms. The molecule has 0 aliphatic rings. The quantitative estimate of drug-likeness (QED) is 0.639. The van der Waals surface area contributed by atoms with Crippen molar-refractivity contribution in [2.75, 3.05) is 13.7 Å². The summed E-state index contributed by atoms with van der Waals surface area (Å²) in [5, 5.41) is 5.89.